The highest BCUT2D eigenvalue weighted by Crippen LogP contribution is 2.35. The maximum atomic E-state index is 12.3. The summed E-state index contributed by atoms with van der Waals surface area (Å²) in [6.45, 7) is 0. The first-order valence-corrected chi connectivity index (χ1v) is 6.91. The minimum Gasteiger partial charge on any atom is -0.497 e. The largest absolute Gasteiger partial charge is 0.497 e. The second-order valence-electron chi connectivity index (χ2n) is 4.48. The number of ether oxygens (including phenoxy) is 2. The summed E-state index contributed by atoms with van der Waals surface area (Å²) in [4.78, 5) is 12.3. The smallest absolute Gasteiger partial charge is 0.231 e. The summed E-state index contributed by atoms with van der Waals surface area (Å²) in [7, 11) is 1.56. The van der Waals surface area contributed by atoms with Crippen molar-refractivity contribution in [1.82, 2.24) is 0 Å². The molecule has 0 unspecified atom stereocenters. The molecule has 1 aliphatic heterocycles. The second-order valence-corrected chi connectivity index (χ2v) is 5.29. The summed E-state index contributed by atoms with van der Waals surface area (Å²) >= 11 is 11.8. The maximum Gasteiger partial charge on any atom is 0.231 e. The molecule has 0 saturated heterocycles. The van der Waals surface area contributed by atoms with Crippen molar-refractivity contribution in [2.75, 3.05) is 7.11 Å². The van der Waals surface area contributed by atoms with Crippen LogP contribution < -0.4 is 9.47 Å². The molecular weight excluding hydrogens is 311 g/mol. The molecule has 1 heterocycles. The van der Waals surface area contributed by atoms with E-state index in [2.05, 4.69) is 0 Å². The molecule has 2 aromatic rings. The minimum absolute atomic E-state index is 0.168. The van der Waals surface area contributed by atoms with Gasteiger partial charge in [0.05, 0.1) is 22.7 Å². The summed E-state index contributed by atoms with van der Waals surface area (Å²) in [5.41, 5.74) is 1.26. The standard InChI is InChI=1S/C16H10Cl2O3/c1-20-10-3-4-11-14(8-10)21-15(16(11)19)7-9-2-5-12(17)13(18)6-9/h2-8H,1H3/b15-7-. The number of fused-ring (bicyclic) bond motifs is 1. The number of hydrogen-bond acceptors (Lipinski definition) is 3. The van der Waals surface area contributed by atoms with Gasteiger partial charge in [-0.3, -0.25) is 4.79 Å². The lowest BCUT2D eigenvalue weighted by Gasteiger charge is -2.02. The Bertz CT molecular complexity index is 766. The monoisotopic (exact) mass is 320 g/mol. The van der Waals surface area contributed by atoms with Crippen LogP contribution >= 0.6 is 23.2 Å². The Labute approximate surface area is 131 Å². The van der Waals surface area contributed by atoms with E-state index in [1.54, 1.807) is 49.6 Å². The highest BCUT2D eigenvalue weighted by Gasteiger charge is 2.27. The molecule has 3 rings (SSSR count). The molecule has 0 atom stereocenters. The van der Waals surface area contributed by atoms with Crippen LogP contribution in [0.3, 0.4) is 0 Å². The van der Waals surface area contributed by atoms with E-state index in [0.717, 1.165) is 5.56 Å². The number of Topliss-reactive ketones (excluding diaryl/α,β-unsaturated/α-hetero) is 1. The number of ketones is 1. The minimum atomic E-state index is -0.168. The van der Waals surface area contributed by atoms with Gasteiger partial charge in [0, 0.05) is 6.07 Å². The van der Waals surface area contributed by atoms with Crippen LogP contribution in [0.2, 0.25) is 10.0 Å². The average Bonchev–Trinajstić information content (AvgIpc) is 2.79. The average molecular weight is 321 g/mol. The molecule has 0 N–H and O–H groups in total. The second kappa shape index (κ2) is 5.43. The summed E-state index contributed by atoms with van der Waals surface area (Å²) in [5.74, 6) is 1.21. The molecule has 3 nitrogen and oxygen atoms in total. The van der Waals surface area contributed by atoms with Crippen LogP contribution in [0.5, 0.6) is 11.5 Å². The number of allylic oxidation sites excluding steroid dienone is 1. The van der Waals surface area contributed by atoms with Crippen LogP contribution in [-0.2, 0) is 0 Å². The first-order chi connectivity index (χ1) is 10.1. The molecular formula is C16H10Cl2O3. The van der Waals surface area contributed by atoms with Crippen LogP contribution in [0.1, 0.15) is 15.9 Å². The van der Waals surface area contributed by atoms with E-state index in [4.69, 9.17) is 32.7 Å². The molecule has 0 aliphatic carbocycles. The number of carbonyl (C=O) groups excluding carboxylic acids is 1. The molecule has 0 amide bonds. The molecule has 0 aromatic heterocycles. The van der Waals surface area contributed by atoms with E-state index in [1.807, 2.05) is 0 Å². The Kier molecular flexibility index (Phi) is 3.62. The molecule has 0 saturated carbocycles. The Morgan fingerprint density at radius 3 is 2.62 bits per heavy atom. The zero-order chi connectivity index (χ0) is 15.0. The van der Waals surface area contributed by atoms with Gasteiger partial charge in [-0.1, -0.05) is 29.3 Å². The summed E-state index contributed by atoms with van der Waals surface area (Å²) in [5, 5.41) is 0.890. The highest BCUT2D eigenvalue weighted by molar-refractivity contribution is 6.42. The maximum absolute atomic E-state index is 12.3. The van der Waals surface area contributed by atoms with Gasteiger partial charge in [0.25, 0.3) is 0 Å². The van der Waals surface area contributed by atoms with Crippen molar-refractivity contribution in [3.63, 3.8) is 0 Å². The van der Waals surface area contributed by atoms with Crippen molar-refractivity contribution in [3.8, 4) is 11.5 Å². The SMILES string of the molecule is COc1ccc2c(c1)O/C(=C\c1ccc(Cl)c(Cl)c1)C2=O. The Balaban J connectivity index is 1.96. The van der Waals surface area contributed by atoms with Crippen LogP contribution in [0, 0.1) is 0 Å². The van der Waals surface area contributed by atoms with Gasteiger partial charge in [-0.2, -0.15) is 0 Å². The third kappa shape index (κ3) is 2.62. The summed E-state index contributed by atoms with van der Waals surface area (Å²) in [6, 6.07) is 10.2. The summed E-state index contributed by atoms with van der Waals surface area (Å²) in [6.07, 6.45) is 1.64. The quantitative estimate of drug-likeness (QED) is 0.757. The van der Waals surface area contributed by atoms with Gasteiger partial charge in [0.2, 0.25) is 5.78 Å². The fraction of sp³-hybridized carbons (Fsp3) is 0.0625. The van der Waals surface area contributed by atoms with Gasteiger partial charge < -0.3 is 9.47 Å². The lowest BCUT2D eigenvalue weighted by molar-refractivity contribution is 0.101. The Hall–Kier alpha value is -1.97. The van der Waals surface area contributed by atoms with Gasteiger partial charge in [0.15, 0.2) is 5.76 Å². The third-order valence-corrected chi connectivity index (χ3v) is 3.86. The summed E-state index contributed by atoms with van der Waals surface area (Å²) < 4.78 is 10.7. The Morgan fingerprint density at radius 1 is 1.10 bits per heavy atom. The van der Waals surface area contributed by atoms with E-state index in [9.17, 15) is 4.79 Å². The van der Waals surface area contributed by atoms with Crippen molar-refractivity contribution >= 4 is 35.1 Å². The van der Waals surface area contributed by atoms with Crippen LogP contribution in [0.25, 0.3) is 6.08 Å². The first kappa shape index (κ1) is 14.0. The molecule has 2 aromatic carbocycles. The molecule has 5 heteroatoms. The predicted octanol–water partition coefficient (Wildman–Crippen LogP) is 4.62. The number of methoxy groups -OCH3 is 1. The van der Waals surface area contributed by atoms with Gasteiger partial charge in [-0.15, -0.1) is 0 Å². The zero-order valence-corrected chi connectivity index (χ0v) is 12.5. The normalized spacial score (nSPS) is 15.0. The number of hydrogen-bond donors (Lipinski definition) is 0. The highest BCUT2D eigenvalue weighted by atomic mass is 35.5. The molecule has 1 aliphatic rings. The van der Waals surface area contributed by atoms with Gasteiger partial charge in [-0.25, -0.2) is 0 Å². The molecule has 106 valence electrons. The number of halogens is 2. The number of carbonyl (C=O) groups is 1. The van der Waals surface area contributed by atoms with Crippen molar-refractivity contribution in [2.24, 2.45) is 0 Å². The fourth-order valence-electron chi connectivity index (χ4n) is 2.05. The molecule has 21 heavy (non-hydrogen) atoms. The topological polar surface area (TPSA) is 35.5 Å². The molecule has 0 fully saturated rings. The fourth-order valence-corrected chi connectivity index (χ4v) is 2.35. The van der Waals surface area contributed by atoms with Crippen LogP contribution in [-0.4, -0.2) is 12.9 Å². The molecule has 0 spiro atoms. The van der Waals surface area contributed by atoms with Crippen molar-refractivity contribution in [3.05, 3.63) is 63.3 Å². The van der Waals surface area contributed by atoms with E-state index < -0.39 is 0 Å². The predicted molar refractivity (Wildman–Crippen MR) is 82.4 cm³/mol. The van der Waals surface area contributed by atoms with Gasteiger partial charge in [-0.05, 0) is 35.9 Å². The zero-order valence-electron chi connectivity index (χ0n) is 11.0. The van der Waals surface area contributed by atoms with E-state index in [-0.39, 0.29) is 11.5 Å². The van der Waals surface area contributed by atoms with E-state index >= 15 is 0 Å². The van der Waals surface area contributed by atoms with Crippen molar-refractivity contribution in [2.45, 2.75) is 0 Å². The van der Waals surface area contributed by atoms with E-state index in [1.165, 1.54) is 0 Å². The van der Waals surface area contributed by atoms with Crippen LogP contribution in [0.4, 0.5) is 0 Å². The number of rotatable bonds is 2. The molecule has 0 bridgehead atoms. The number of benzene rings is 2. The van der Waals surface area contributed by atoms with Crippen molar-refractivity contribution < 1.29 is 14.3 Å². The lowest BCUT2D eigenvalue weighted by atomic mass is 10.1. The molecule has 0 radical (unpaired) electrons. The van der Waals surface area contributed by atoms with Crippen LogP contribution in [0.15, 0.2) is 42.2 Å². The van der Waals surface area contributed by atoms with E-state index in [0.29, 0.717) is 27.1 Å². The first-order valence-electron chi connectivity index (χ1n) is 6.16. The van der Waals surface area contributed by atoms with Gasteiger partial charge in [0.1, 0.15) is 11.5 Å². The Morgan fingerprint density at radius 2 is 1.90 bits per heavy atom. The third-order valence-electron chi connectivity index (χ3n) is 3.12. The van der Waals surface area contributed by atoms with Gasteiger partial charge >= 0.3 is 0 Å². The van der Waals surface area contributed by atoms with Crippen molar-refractivity contribution in [1.29, 1.82) is 0 Å². The lowest BCUT2D eigenvalue weighted by Crippen LogP contribution is -1.97.